The maximum atomic E-state index is 13.4. The van der Waals surface area contributed by atoms with Crippen molar-refractivity contribution in [2.75, 3.05) is 39.8 Å². The highest BCUT2D eigenvalue weighted by molar-refractivity contribution is 5.38. The van der Waals surface area contributed by atoms with Gasteiger partial charge in [0.15, 0.2) is 11.6 Å². The van der Waals surface area contributed by atoms with E-state index in [-0.39, 0.29) is 0 Å². The third-order valence-electron chi connectivity index (χ3n) is 4.61. The van der Waals surface area contributed by atoms with E-state index >= 15 is 0 Å². The molecule has 0 aromatic heterocycles. The fourth-order valence-electron chi connectivity index (χ4n) is 3.04. The van der Waals surface area contributed by atoms with Crippen molar-refractivity contribution in [2.24, 2.45) is 0 Å². The lowest BCUT2D eigenvalue weighted by Gasteiger charge is -2.32. The van der Waals surface area contributed by atoms with Crippen LogP contribution in [-0.4, -0.2) is 49.6 Å². The van der Waals surface area contributed by atoms with Crippen molar-refractivity contribution in [3.05, 3.63) is 59.7 Å². The van der Waals surface area contributed by atoms with Gasteiger partial charge in [-0.15, -0.1) is 0 Å². The maximum Gasteiger partial charge on any atom is 0.162 e. The number of hydrogen-bond acceptors (Lipinski definition) is 3. The van der Waals surface area contributed by atoms with Crippen LogP contribution in [0.3, 0.4) is 0 Å². The number of aryl methyl sites for hydroxylation is 1. The quantitative estimate of drug-likeness (QED) is 0.788. The summed E-state index contributed by atoms with van der Waals surface area (Å²) in [7, 11) is 2.16. The Bertz CT molecular complexity index is 700. The summed E-state index contributed by atoms with van der Waals surface area (Å²) in [5.74, 6) is -0.754. The number of ether oxygens (including phenoxy) is 1. The van der Waals surface area contributed by atoms with Crippen LogP contribution in [0, 0.1) is 11.6 Å². The lowest BCUT2D eigenvalue weighted by molar-refractivity contribution is 0.153. The van der Waals surface area contributed by atoms with Gasteiger partial charge in [-0.2, -0.15) is 0 Å². The molecule has 0 atom stereocenters. The van der Waals surface area contributed by atoms with E-state index in [0.717, 1.165) is 63.3 Å². The number of piperazine rings is 1. The number of nitrogens with zero attached hydrogens (tertiary/aromatic N) is 2. The fraction of sp³-hybridized carbons (Fsp3) is 0.400. The minimum absolute atomic E-state index is 0.311. The van der Waals surface area contributed by atoms with Gasteiger partial charge in [0.05, 0.1) is 0 Å². The minimum Gasteiger partial charge on any atom is -0.457 e. The highest BCUT2D eigenvalue weighted by Crippen LogP contribution is 2.27. The molecule has 1 heterocycles. The monoisotopic (exact) mass is 346 g/mol. The molecule has 1 aliphatic rings. The molecule has 0 radical (unpaired) electrons. The first-order valence-electron chi connectivity index (χ1n) is 8.73. The van der Waals surface area contributed by atoms with Gasteiger partial charge in [-0.25, -0.2) is 8.78 Å². The van der Waals surface area contributed by atoms with Crippen molar-refractivity contribution < 1.29 is 13.5 Å². The molecule has 0 spiro atoms. The molecule has 25 heavy (non-hydrogen) atoms. The Labute approximate surface area is 147 Å². The zero-order chi connectivity index (χ0) is 17.6. The van der Waals surface area contributed by atoms with Gasteiger partial charge in [0, 0.05) is 32.2 Å². The van der Waals surface area contributed by atoms with Crippen molar-refractivity contribution in [2.45, 2.75) is 12.8 Å². The Morgan fingerprint density at radius 2 is 1.72 bits per heavy atom. The first-order valence-corrected chi connectivity index (χ1v) is 8.73. The Balaban J connectivity index is 1.58. The topological polar surface area (TPSA) is 15.7 Å². The van der Waals surface area contributed by atoms with Crippen LogP contribution in [0.1, 0.15) is 12.0 Å². The van der Waals surface area contributed by atoms with Crippen LogP contribution >= 0.6 is 0 Å². The van der Waals surface area contributed by atoms with Crippen LogP contribution in [-0.2, 0) is 6.42 Å². The van der Waals surface area contributed by atoms with E-state index in [4.69, 9.17) is 4.74 Å². The third-order valence-corrected chi connectivity index (χ3v) is 4.61. The molecule has 2 aromatic rings. The van der Waals surface area contributed by atoms with Gasteiger partial charge in [0.1, 0.15) is 11.5 Å². The van der Waals surface area contributed by atoms with Crippen LogP contribution in [0.2, 0.25) is 0 Å². The predicted molar refractivity (Wildman–Crippen MR) is 95.1 cm³/mol. The molecule has 5 heteroatoms. The number of likely N-dealkylation sites (N-methyl/N-ethyl adjacent to an activating group) is 1. The number of rotatable bonds is 6. The molecular formula is C20H24F2N2O. The molecule has 0 unspecified atom stereocenters. The number of hydrogen-bond donors (Lipinski definition) is 0. The van der Waals surface area contributed by atoms with Gasteiger partial charge >= 0.3 is 0 Å². The molecule has 0 bridgehead atoms. The molecule has 134 valence electrons. The summed E-state index contributed by atoms with van der Waals surface area (Å²) in [4.78, 5) is 4.83. The van der Waals surface area contributed by atoms with Gasteiger partial charge in [0.25, 0.3) is 0 Å². The van der Waals surface area contributed by atoms with E-state index in [1.807, 2.05) is 24.3 Å². The summed E-state index contributed by atoms with van der Waals surface area (Å²) >= 11 is 0. The average molecular weight is 346 g/mol. The summed E-state index contributed by atoms with van der Waals surface area (Å²) in [5, 5.41) is 0. The molecule has 0 saturated carbocycles. The van der Waals surface area contributed by atoms with E-state index < -0.39 is 11.6 Å². The lowest BCUT2D eigenvalue weighted by Crippen LogP contribution is -2.44. The number of para-hydroxylation sites is 1. The smallest absolute Gasteiger partial charge is 0.162 e. The van der Waals surface area contributed by atoms with Crippen molar-refractivity contribution in [3.8, 4) is 11.5 Å². The van der Waals surface area contributed by atoms with Gasteiger partial charge < -0.3 is 14.5 Å². The van der Waals surface area contributed by atoms with Crippen molar-refractivity contribution >= 4 is 0 Å². The van der Waals surface area contributed by atoms with E-state index in [1.54, 1.807) is 0 Å². The molecule has 3 rings (SSSR count). The molecule has 2 aromatic carbocycles. The van der Waals surface area contributed by atoms with E-state index in [0.29, 0.717) is 11.5 Å². The highest BCUT2D eigenvalue weighted by atomic mass is 19.2. The SMILES string of the molecule is CN1CCN(CCCc2ccccc2Oc2ccc(F)c(F)c2)CC1. The van der Waals surface area contributed by atoms with E-state index in [2.05, 4.69) is 16.8 Å². The van der Waals surface area contributed by atoms with Crippen molar-refractivity contribution in [1.29, 1.82) is 0 Å². The molecule has 1 saturated heterocycles. The van der Waals surface area contributed by atoms with Gasteiger partial charge in [-0.3, -0.25) is 0 Å². The summed E-state index contributed by atoms with van der Waals surface area (Å²) in [6.07, 6.45) is 1.94. The fourth-order valence-corrected chi connectivity index (χ4v) is 3.04. The molecule has 0 aliphatic carbocycles. The molecule has 0 amide bonds. The van der Waals surface area contributed by atoms with Crippen LogP contribution in [0.15, 0.2) is 42.5 Å². The summed E-state index contributed by atoms with van der Waals surface area (Å²) in [5.41, 5.74) is 1.08. The third kappa shape index (κ3) is 5.00. The predicted octanol–water partition coefficient (Wildman–Crippen LogP) is 3.94. The lowest BCUT2D eigenvalue weighted by atomic mass is 10.1. The van der Waals surface area contributed by atoms with Crippen molar-refractivity contribution in [3.63, 3.8) is 0 Å². The molecular weight excluding hydrogens is 322 g/mol. The average Bonchev–Trinajstić information content (AvgIpc) is 2.61. The van der Waals surface area contributed by atoms with Crippen LogP contribution < -0.4 is 4.74 Å². The maximum absolute atomic E-state index is 13.4. The van der Waals surface area contributed by atoms with Crippen molar-refractivity contribution in [1.82, 2.24) is 9.80 Å². The van der Waals surface area contributed by atoms with Gasteiger partial charge in [0.2, 0.25) is 0 Å². The molecule has 0 N–H and O–H groups in total. The zero-order valence-corrected chi connectivity index (χ0v) is 14.5. The first-order chi connectivity index (χ1) is 12.1. The molecule has 1 fully saturated rings. The first kappa shape index (κ1) is 17.8. The molecule has 1 aliphatic heterocycles. The second kappa shape index (κ2) is 8.41. The molecule has 3 nitrogen and oxygen atoms in total. The Hall–Kier alpha value is -1.98. The van der Waals surface area contributed by atoms with Gasteiger partial charge in [-0.1, -0.05) is 18.2 Å². The normalized spacial score (nSPS) is 16.1. The largest absolute Gasteiger partial charge is 0.457 e. The van der Waals surface area contributed by atoms with E-state index in [1.165, 1.54) is 6.07 Å². The summed E-state index contributed by atoms with van der Waals surface area (Å²) in [6.45, 7) is 5.53. The van der Waals surface area contributed by atoms with Crippen LogP contribution in [0.25, 0.3) is 0 Å². The van der Waals surface area contributed by atoms with E-state index in [9.17, 15) is 8.78 Å². The van der Waals surface area contributed by atoms with Gasteiger partial charge in [-0.05, 0) is 50.2 Å². The second-order valence-electron chi connectivity index (χ2n) is 6.53. The summed E-state index contributed by atoms with van der Waals surface area (Å²) < 4.78 is 32.2. The van der Waals surface area contributed by atoms with Crippen LogP contribution in [0.5, 0.6) is 11.5 Å². The highest BCUT2D eigenvalue weighted by Gasteiger charge is 2.13. The Morgan fingerprint density at radius 1 is 0.960 bits per heavy atom. The Morgan fingerprint density at radius 3 is 2.48 bits per heavy atom. The number of halogens is 2. The minimum atomic E-state index is -0.898. The number of benzene rings is 2. The standard InChI is InChI=1S/C20H24F2N2O/c1-23-11-13-24(14-12-23)10-4-6-16-5-2-3-7-20(16)25-17-8-9-18(21)19(22)15-17/h2-3,5,7-9,15H,4,6,10-14H2,1H3. The summed E-state index contributed by atoms with van der Waals surface area (Å²) in [6, 6.07) is 11.4. The Kier molecular flexibility index (Phi) is 6.00. The zero-order valence-electron chi connectivity index (χ0n) is 14.5. The second-order valence-corrected chi connectivity index (χ2v) is 6.53. The van der Waals surface area contributed by atoms with Crippen LogP contribution in [0.4, 0.5) is 8.78 Å².